The molecule has 3 heterocycles. The van der Waals surface area contributed by atoms with E-state index in [9.17, 15) is 9.90 Å². The van der Waals surface area contributed by atoms with Gasteiger partial charge in [-0.1, -0.05) is 27.7 Å². The molecular weight excluding hydrogens is 334 g/mol. The Hall–Kier alpha value is -1.69. The first-order valence-electron chi connectivity index (χ1n) is 9.22. The van der Waals surface area contributed by atoms with Crippen molar-refractivity contribution in [2.75, 3.05) is 23.7 Å². The number of nitrogens with zero attached hydrogens (tertiary/aromatic N) is 3. The molecule has 0 aliphatic carbocycles. The number of aromatic nitrogens is 2. The molecule has 1 aliphatic rings. The van der Waals surface area contributed by atoms with Crippen LogP contribution in [0.1, 0.15) is 57.3 Å². The lowest BCUT2D eigenvalue weighted by molar-refractivity contribution is 0.0696. The highest BCUT2D eigenvalue weighted by Crippen LogP contribution is 2.30. The van der Waals surface area contributed by atoms with E-state index in [2.05, 4.69) is 23.7 Å². The number of carboxylic acid groups (broad SMARTS) is 1. The second kappa shape index (κ2) is 9.13. The van der Waals surface area contributed by atoms with Gasteiger partial charge in [0.25, 0.3) is 0 Å². The molecular formula is C19H29N3O2S. The van der Waals surface area contributed by atoms with Crippen LogP contribution in [-0.2, 0) is 0 Å². The molecule has 1 aliphatic heterocycles. The standard InChI is InChI=1S/C17H23N3O2S.C2H6/c1-3-8-23-15-10-18-16-14(19-6-4-12(2)5-7-19)9-13(17(21)22)11-20(15)16;1-2/h9-12H,3-8H2,1-2H3,(H,21,22);1-2H3. The Morgan fingerprint density at radius 1 is 1.36 bits per heavy atom. The van der Waals surface area contributed by atoms with Crippen LogP contribution in [0.5, 0.6) is 0 Å². The molecule has 138 valence electrons. The number of imidazole rings is 1. The lowest BCUT2D eigenvalue weighted by Gasteiger charge is -2.32. The smallest absolute Gasteiger partial charge is 0.337 e. The molecule has 1 fully saturated rings. The van der Waals surface area contributed by atoms with Gasteiger partial charge in [-0.25, -0.2) is 9.78 Å². The Balaban J connectivity index is 0.00000109. The minimum atomic E-state index is -0.890. The number of pyridine rings is 1. The lowest BCUT2D eigenvalue weighted by Crippen LogP contribution is -2.33. The van der Waals surface area contributed by atoms with Crippen molar-refractivity contribution in [1.29, 1.82) is 0 Å². The van der Waals surface area contributed by atoms with Crippen LogP contribution in [-0.4, -0.2) is 39.3 Å². The summed E-state index contributed by atoms with van der Waals surface area (Å²) < 4.78 is 1.94. The molecule has 0 unspecified atom stereocenters. The van der Waals surface area contributed by atoms with Crippen molar-refractivity contribution in [3.05, 3.63) is 24.0 Å². The van der Waals surface area contributed by atoms with E-state index < -0.39 is 5.97 Å². The molecule has 3 rings (SSSR count). The van der Waals surface area contributed by atoms with E-state index in [1.807, 2.05) is 24.4 Å². The summed E-state index contributed by atoms with van der Waals surface area (Å²) in [5.74, 6) is 0.848. The van der Waals surface area contributed by atoms with Crippen molar-refractivity contribution in [1.82, 2.24) is 9.38 Å². The topological polar surface area (TPSA) is 57.8 Å². The summed E-state index contributed by atoms with van der Waals surface area (Å²) >= 11 is 1.72. The van der Waals surface area contributed by atoms with Crippen molar-refractivity contribution in [3.63, 3.8) is 0 Å². The Morgan fingerprint density at radius 3 is 2.64 bits per heavy atom. The number of aromatic carboxylic acids is 1. The van der Waals surface area contributed by atoms with Gasteiger partial charge in [0, 0.05) is 19.3 Å². The summed E-state index contributed by atoms with van der Waals surface area (Å²) in [4.78, 5) is 18.4. The number of carboxylic acids is 1. The molecule has 6 heteroatoms. The van der Waals surface area contributed by atoms with Crippen LogP contribution in [0, 0.1) is 5.92 Å². The summed E-state index contributed by atoms with van der Waals surface area (Å²) in [6.45, 7) is 10.3. The van der Waals surface area contributed by atoms with Crippen LogP contribution in [0.4, 0.5) is 5.69 Å². The Kier molecular flexibility index (Phi) is 7.17. The fourth-order valence-electron chi connectivity index (χ4n) is 2.96. The van der Waals surface area contributed by atoms with Crippen LogP contribution in [0.15, 0.2) is 23.5 Å². The monoisotopic (exact) mass is 363 g/mol. The molecule has 0 amide bonds. The van der Waals surface area contributed by atoms with Crippen LogP contribution < -0.4 is 4.90 Å². The van der Waals surface area contributed by atoms with Gasteiger partial charge in [-0.3, -0.25) is 4.40 Å². The van der Waals surface area contributed by atoms with Crippen LogP contribution in [0.25, 0.3) is 5.65 Å². The predicted octanol–water partition coefficient (Wildman–Crippen LogP) is 4.80. The zero-order valence-corrected chi connectivity index (χ0v) is 16.5. The fraction of sp³-hybridized carbons (Fsp3) is 0.579. The lowest BCUT2D eigenvalue weighted by atomic mass is 9.99. The van der Waals surface area contributed by atoms with Crippen LogP contribution in [0.3, 0.4) is 0 Å². The molecule has 0 bridgehead atoms. The summed E-state index contributed by atoms with van der Waals surface area (Å²) in [5, 5.41) is 10.5. The summed E-state index contributed by atoms with van der Waals surface area (Å²) in [5.41, 5.74) is 2.13. The minimum Gasteiger partial charge on any atom is -0.478 e. The normalized spacial score (nSPS) is 15.1. The number of thioether (sulfide) groups is 1. The second-order valence-corrected chi connectivity index (χ2v) is 7.34. The molecule has 0 atom stereocenters. The molecule has 5 nitrogen and oxygen atoms in total. The number of anilines is 1. The molecule has 1 saturated heterocycles. The third kappa shape index (κ3) is 4.48. The third-order valence-corrected chi connectivity index (χ3v) is 5.59. The maximum Gasteiger partial charge on any atom is 0.337 e. The van der Waals surface area contributed by atoms with Crippen molar-refractivity contribution < 1.29 is 9.90 Å². The molecule has 2 aromatic rings. The van der Waals surface area contributed by atoms with Crippen LogP contribution >= 0.6 is 11.8 Å². The van der Waals surface area contributed by atoms with Crippen molar-refractivity contribution in [2.24, 2.45) is 5.92 Å². The third-order valence-electron chi connectivity index (χ3n) is 4.38. The van der Waals surface area contributed by atoms with E-state index in [4.69, 9.17) is 0 Å². The van der Waals surface area contributed by atoms with Gasteiger partial charge in [0.15, 0.2) is 5.65 Å². The summed E-state index contributed by atoms with van der Waals surface area (Å²) in [7, 11) is 0. The first-order valence-corrected chi connectivity index (χ1v) is 10.2. The van der Waals surface area contributed by atoms with Crippen LogP contribution in [0.2, 0.25) is 0 Å². The van der Waals surface area contributed by atoms with E-state index in [0.717, 1.165) is 60.4 Å². The average Bonchev–Trinajstić information content (AvgIpc) is 3.04. The molecule has 25 heavy (non-hydrogen) atoms. The Bertz CT molecular complexity index is 706. The maximum absolute atomic E-state index is 11.5. The fourth-order valence-corrected chi connectivity index (χ4v) is 3.78. The highest BCUT2D eigenvalue weighted by atomic mass is 32.2. The van der Waals surface area contributed by atoms with Gasteiger partial charge in [-0.15, -0.1) is 11.8 Å². The number of carbonyl (C=O) groups is 1. The first-order chi connectivity index (χ1) is 12.1. The molecule has 0 saturated carbocycles. The molecule has 2 aromatic heterocycles. The number of fused-ring (bicyclic) bond motifs is 1. The number of hydrogen-bond donors (Lipinski definition) is 1. The minimum absolute atomic E-state index is 0.322. The largest absolute Gasteiger partial charge is 0.478 e. The quantitative estimate of drug-likeness (QED) is 0.774. The molecule has 0 spiro atoms. The first kappa shape index (κ1) is 19.6. The van der Waals surface area contributed by atoms with E-state index in [1.54, 1.807) is 24.0 Å². The van der Waals surface area contributed by atoms with Gasteiger partial charge in [0.05, 0.1) is 22.5 Å². The van der Waals surface area contributed by atoms with Crippen molar-refractivity contribution >= 4 is 29.1 Å². The number of hydrogen-bond acceptors (Lipinski definition) is 4. The highest BCUT2D eigenvalue weighted by molar-refractivity contribution is 7.99. The zero-order valence-electron chi connectivity index (χ0n) is 15.7. The summed E-state index contributed by atoms with van der Waals surface area (Å²) in [6, 6.07) is 1.77. The highest BCUT2D eigenvalue weighted by Gasteiger charge is 2.21. The van der Waals surface area contributed by atoms with Gasteiger partial charge >= 0.3 is 5.97 Å². The van der Waals surface area contributed by atoms with E-state index in [-0.39, 0.29) is 0 Å². The Morgan fingerprint density at radius 2 is 2.04 bits per heavy atom. The van der Waals surface area contributed by atoms with Crippen molar-refractivity contribution in [2.45, 2.75) is 52.0 Å². The predicted molar refractivity (Wildman–Crippen MR) is 105 cm³/mol. The van der Waals surface area contributed by atoms with Crippen molar-refractivity contribution in [3.8, 4) is 0 Å². The van der Waals surface area contributed by atoms with Gasteiger partial charge in [0.1, 0.15) is 0 Å². The maximum atomic E-state index is 11.5. The number of rotatable bonds is 5. The van der Waals surface area contributed by atoms with E-state index >= 15 is 0 Å². The molecule has 1 N–H and O–H groups in total. The second-order valence-electron chi connectivity index (χ2n) is 6.23. The summed E-state index contributed by atoms with van der Waals surface area (Å²) in [6.07, 6.45) is 6.91. The number of piperidine rings is 1. The van der Waals surface area contributed by atoms with E-state index in [0.29, 0.717) is 5.56 Å². The Labute approximate surface area is 154 Å². The van der Waals surface area contributed by atoms with Gasteiger partial charge in [-0.2, -0.15) is 0 Å². The van der Waals surface area contributed by atoms with Gasteiger partial charge < -0.3 is 10.0 Å². The van der Waals surface area contributed by atoms with Gasteiger partial charge in [0.2, 0.25) is 0 Å². The van der Waals surface area contributed by atoms with E-state index in [1.165, 1.54) is 0 Å². The molecule has 0 aromatic carbocycles. The average molecular weight is 364 g/mol. The van der Waals surface area contributed by atoms with Gasteiger partial charge in [-0.05, 0) is 37.0 Å². The molecule has 0 radical (unpaired) electrons. The zero-order chi connectivity index (χ0) is 18.4. The SMILES string of the molecule is CC.CCCSc1cnc2c(N3CCC(C)CC3)cc(C(=O)O)cn12.